The Morgan fingerprint density at radius 1 is 1.07 bits per heavy atom. The van der Waals surface area contributed by atoms with Crippen LogP contribution in [0.4, 0.5) is 5.69 Å². The van der Waals surface area contributed by atoms with E-state index in [-0.39, 0.29) is 23.5 Å². The number of benzene rings is 2. The molecule has 0 heterocycles. The SMILES string of the molecule is C[C@@H]1C(=O)C(C#N)CC[C@H]1CCN(C(=O)Cc1ccccc1)c1ccccc1. The van der Waals surface area contributed by atoms with E-state index in [1.807, 2.05) is 72.5 Å². The average Bonchev–Trinajstić information content (AvgIpc) is 2.73. The number of ketones is 1. The minimum Gasteiger partial charge on any atom is -0.312 e. The topological polar surface area (TPSA) is 61.2 Å². The third-order valence-electron chi connectivity index (χ3n) is 5.77. The second kappa shape index (κ2) is 9.32. The molecule has 144 valence electrons. The maximum Gasteiger partial charge on any atom is 0.231 e. The van der Waals surface area contributed by atoms with Crippen LogP contribution in [0.25, 0.3) is 0 Å². The van der Waals surface area contributed by atoms with Crippen molar-refractivity contribution in [3.8, 4) is 6.07 Å². The van der Waals surface area contributed by atoms with Gasteiger partial charge in [0.2, 0.25) is 5.91 Å². The summed E-state index contributed by atoms with van der Waals surface area (Å²) in [6.45, 7) is 2.50. The molecule has 2 aromatic carbocycles. The van der Waals surface area contributed by atoms with Crippen LogP contribution in [-0.4, -0.2) is 18.2 Å². The first-order valence-electron chi connectivity index (χ1n) is 9.93. The number of amides is 1. The molecular weight excluding hydrogens is 348 g/mol. The van der Waals surface area contributed by atoms with Crippen LogP contribution in [0.2, 0.25) is 0 Å². The lowest BCUT2D eigenvalue weighted by atomic mass is 9.73. The van der Waals surface area contributed by atoms with Crippen molar-refractivity contribution >= 4 is 17.4 Å². The molecular formula is C24H26N2O2. The van der Waals surface area contributed by atoms with Crippen LogP contribution >= 0.6 is 0 Å². The molecule has 1 saturated carbocycles. The van der Waals surface area contributed by atoms with Crippen LogP contribution in [-0.2, 0) is 16.0 Å². The number of nitrogens with zero attached hydrogens (tertiary/aromatic N) is 2. The van der Waals surface area contributed by atoms with Gasteiger partial charge in [-0.25, -0.2) is 0 Å². The number of carbonyl (C=O) groups is 2. The molecule has 4 heteroatoms. The highest BCUT2D eigenvalue weighted by Gasteiger charge is 2.35. The molecule has 3 rings (SSSR count). The number of anilines is 1. The third kappa shape index (κ3) is 4.67. The highest BCUT2D eigenvalue weighted by molar-refractivity contribution is 5.94. The lowest BCUT2D eigenvalue weighted by molar-refractivity contribution is -0.128. The van der Waals surface area contributed by atoms with E-state index < -0.39 is 5.92 Å². The highest BCUT2D eigenvalue weighted by atomic mass is 16.2. The predicted molar refractivity (Wildman–Crippen MR) is 110 cm³/mol. The Labute approximate surface area is 166 Å². The molecule has 4 nitrogen and oxygen atoms in total. The predicted octanol–water partition coefficient (Wildman–Crippen LogP) is 4.41. The van der Waals surface area contributed by atoms with Crippen molar-refractivity contribution in [1.82, 2.24) is 0 Å². The average molecular weight is 374 g/mol. The molecule has 0 aromatic heterocycles. The van der Waals surface area contributed by atoms with Crippen LogP contribution in [0.1, 0.15) is 31.7 Å². The smallest absolute Gasteiger partial charge is 0.231 e. The standard InChI is InChI=1S/C24H26N2O2/c1-18-20(12-13-21(17-25)24(18)28)14-15-26(22-10-6-3-7-11-22)23(27)16-19-8-4-2-5-9-19/h2-11,18,20-21H,12-16H2,1H3/t18-,20-,21?/m0/s1. The summed E-state index contributed by atoms with van der Waals surface area (Å²) >= 11 is 0. The molecule has 0 bridgehead atoms. The first-order valence-corrected chi connectivity index (χ1v) is 9.93. The van der Waals surface area contributed by atoms with Crippen LogP contribution in [0.5, 0.6) is 0 Å². The summed E-state index contributed by atoms with van der Waals surface area (Å²) in [5, 5.41) is 9.12. The summed E-state index contributed by atoms with van der Waals surface area (Å²) in [5.41, 5.74) is 1.87. The zero-order valence-electron chi connectivity index (χ0n) is 16.3. The van der Waals surface area contributed by atoms with Gasteiger partial charge in [0.15, 0.2) is 5.78 Å². The summed E-state index contributed by atoms with van der Waals surface area (Å²) < 4.78 is 0. The minimum absolute atomic E-state index is 0.0561. The van der Waals surface area contributed by atoms with Gasteiger partial charge in [0.1, 0.15) is 5.92 Å². The third-order valence-corrected chi connectivity index (χ3v) is 5.77. The van der Waals surface area contributed by atoms with Gasteiger partial charge in [-0.1, -0.05) is 55.5 Å². The number of nitriles is 1. The fourth-order valence-corrected chi connectivity index (χ4v) is 4.01. The Balaban J connectivity index is 1.71. The number of carbonyl (C=O) groups excluding carboxylic acids is 2. The highest BCUT2D eigenvalue weighted by Crippen LogP contribution is 2.33. The Bertz CT molecular complexity index is 842. The van der Waals surface area contributed by atoms with Crippen molar-refractivity contribution in [2.75, 3.05) is 11.4 Å². The molecule has 0 saturated heterocycles. The van der Waals surface area contributed by atoms with E-state index in [4.69, 9.17) is 5.26 Å². The van der Waals surface area contributed by atoms with Crippen molar-refractivity contribution in [2.24, 2.45) is 17.8 Å². The molecule has 0 spiro atoms. The van der Waals surface area contributed by atoms with Gasteiger partial charge in [-0.2, -0.15) is 5.26 Å². The minimum atomic E-state index is -0.462. The monoisotopic (exact) mass is 374 g/mol. The normalized spacial score (nSPS) is 21.7. The second-order valence-corrected chi connectivity index (χ2v) is 7.54. The van der Waals surface area contributed by atoms with Crippen molar-refractivity contribution in [3.63, 3.8) is 0 Å². The molecule has 0 aliphatic heterocycles. The van der Waals surface area contributed by atoms with Crippen molar-refractivity contribution < 1.29 is 9.59 Å². The first kappa shape index (κ1) is 19.8. The number of rotatable bonds is 6. The zero-order chi connectivity index (χ0) is 19.9. The van der Waals surface area contributed by atoms with Gasteiger partial charge < -0.3 is 4.90 Å². The largest absolute Gasteiger partial charge is 0.312 e. The number of para-hydroxylation sites is 1. The fraction of sp³-hybridized carbons (Fsp3) is 0.375. The van der Waals surface area contributed by atoms with Gasteiger partial charge >= 0.3 is 0 Å². The molecule has 2 aromatic rings. The summed E-state index contributed by atoms with van der Waals surface area (Å²) in [7, 11) is 0. The maximum absolute atomic E-state index is 13.0. The van der Waals surface area contributed by atoms with Crippen LogP contribution in [0, 0.1) is 29.1 Å². The van der Waals surface area contributed by atoms with Gasteiger partial charge in [0.25, 0.3) is 0 Å². The van der Waals surface area contributed by atoms with E-state index in [2.05, 4.69) is 6.07 Å². The van der Waals surface area contributed by atoms with Gasteiger partial charge in [-0.15, -0.1) is 0 Å². The summed E-state index contributed by atoms with van der Waals surface area (Å²) in [6.07, 6.45) is 2.61. The van der Waals surface area contributed by atoms with Crippen molar-refractivity contribution in [2.45, 2.75) is 32.6 Å². The molecule has 1 unspecified atom stereocenters. The van der Waals surface area contributed by atoms with Crippen LogP contribution in [0.3, 0.4) is 0 Å². The second-order valence-electron chi connectivity index (χ2n) is 7.54. The Hall–Kier alpha value is -2.93. The van der Waals surface area contributed by atoms with Gasteiger partial charge in [0.05, 0.1) is 12.5 Å². The number of Topliss-reactive ketones (excluding diaryl/α,β-unsaturated/α-hetero) is 1. The van der Waals surface area contributed by atoms with E-state index in [9.17, 15) is 9.59 Å². The molecule has 3 atom stereocenters. The van der Waals surface area contributed by atoms with Crippen LogP contribution in [0.15, 0.2) is 60.7 Å². The van der Waals surface area contributed by atoms with E-state index >= 15 is 0 Å². The number of hydrogen-bond donors (Lipinski definition) is 0. The van der Waals surface area contributed by atoms with Gasteiger partial charge in [-0.05, 0) is 42.9 Å². The lowest BCUT2D eigenvalue weighted by Gasteiger charge is -2.32. The lowest BCUT2D eigenvalue weighted by Crippen LogP contribution is -2.38. The Morgan fingerprint density at radius 3 is 2.36 bits per heavy atom. The van der Waals surface area contributed by atoms with E-state index in [1.54, 1.807) is 0 Å². The van der Waals surface area contributed by atoms with E-state index in [0.29, 0.717) is 19.4 Å². The molecule has 0 radical (unpaired) electrons. The van der Waals surface area contributed by atoms with Crippen molar-refractivity contribution in [1.29, 1.82) is 5.26 Å². The Morgan fingerprint density at radius 2 is 1.71 bits per heavy atom. The summed E-state index contributed by atoms with van der Waals surface area (Å²) in [6, 6.07) is 21.6. The molecule has 28 heavy (non-hydrogen) atoms. The molecule has 0 N–H and O–H groups in total. The quantitative estimate of drug-likeness (QED) is 0.752. The fourth-order valence-electron chi connectivity index (χ4n) is 4.01. The van der Waals surface area contributed by atoms with Gasteiger partial charge in [-0.3, -0.25) is 9.59 Å². The van der Waals surface area contributed by atoms with E-state index in [0.717, 1.165) is 24.1 Å². The summed E-state index contributed by atoms with van der Waals surface area (Å²) in [4.78, 5) is 27.2. The maximum atomic E-state index is 13.0. The van der Waals surface area contributed by atoms with E-state index in [1.165, 1.54) is 0 Å². The zero-order valence-corrected chi connectivity index (χ0v) is 16.3. The molecule has 1 aliphatic carbocycles. The number of hydrogen-bond acceptors (Lipinski definition) is 3. The Kier molecular flexibility index (Phi) is 6.60. The molecule has 1 amide bonds. The summed E-state index contributed by atoms with van der Waals surface area (Å²) in [5.74, 6) is -0.257. The van der Waals surface area contributed by atoms with Crippen LogP contribution < -0.4 is 4.90 Å². The van der Waals surface area contributed by atoms with Gasteiger partial charge in [0, 0.05) is 18.2 Å². The van der Waals surface area contributed by atoms with Crippen molar-refractivity contribution in [3.05, 3.63) is 66.2 Å². The molecule has 1 aliphatic rings. The molecule has 1 fully saturated rings. The first-order chi connectivity index (χ1) is 13.6.